The van der Waals surface area contributed by atoms with Crippen LogP contribution < -0.4 is 5.32 Å². The molecule has 0 radical (unpaired) electrons. The fourth-order valence-electron chi connectivity index (χ4n) is 10.8. The highest BCUT2D eigenvalue weighted by Crippen LogP contribution is 2.60. The van der Waals surface area contributed by atoms with Gasteiger partial charge in [0.15, 0.2) is 0 Å². The van der Waals surface area contributed by atoms with Gasteiger partial charge in [-0.25, -0.2) is 0 Å². The molecule has 0 aromatic carbocycles. The molecule has 4 atom stereocenters. The quantitative estimate of drug-likeness (QED) is 0.232. The smallest absolute Gasteiger partial charge is 0.320 e. The summed E-state index contributed by atoms with van der Waals surface area (Å²) in [6.45, 7) is 5.53. The lowest BCUT2D eigenvalue weighted by Gasteiger charge is -2.57. The Balaban J connectivity index is 1.15. The van der Waals surface area contributed by atoms with Crippen molar-refractivity contribution in [2.75, 3.05) is 20.2 Å². The highest BCUT2D eigenvalue weighted by Gasteiger charge is 2.64. The second-order valence-electron chi connectivity index (χ2n) is 16.3. The second-order valence-corrected chi connectivity index (χ2v) is 16.3. The van der Waals surface area contributed by atoms with Crippen LogP contribution in [0.15, 0.2) is 23.4 Å². The fourth-order valence-corrected chi connectivity index (χ4v) is 10.8. The summed E-state index contributed by atoms with van der Waals surface area (Å²) >= 11 is 0. The number of carbonyl (C=O) groups is 3. The molecule has 242 valence electrons. The summed E-state index contributed by atoms with van der Waals surface area (Å²) in [5.74, 6) is 1.99. The molecular formula is C37H54N2O5. The van der Waals surface area contributed by atoms with Crippen LogP contribution in [0.3, 0.4) is 0 Å². The molecule has 6 fully saturated rings. The second kappa shape index (κ2) is 11.9. The minimum Gasteiger partial charge on any atom is -0.468 e. The third-order valence-electron chi connectivity index (χ3n) is 12.6. The van der Waals surface area contributed by atoms with Gasteiger partial charge in [-0.2, -0.15) is 0 Å². The molecule has 5 saturated carbocycles. The lowest BCUT2D eigenvalue weighted by Crippen LogP contribution is -2.62. The van der Waals surface area contributed by atoms with Crippen molar-refractivity contribution in [3.05, 3.63) is 23.4 Å². The first-order chi connectivity index (χ1) is 21.2. The van der Waals surface area contributed by atoms with E-state index in [0.29, 0.717) is 6.54 Å². The van der Waals surface area contributed by atoms with Gasteiger partial charge in [-0.05, 0) is 131 Å². The fraction of sp³-hybridized carbons (Fsp3) is 0.811. The molecule has 2 aliphatic heterocycles. The Morgan fingerprint density at radius 1 is 1.07 bits per heavy atom. The number of nitrogens with zero attached hydrogens (tertiary/aromatic N) is 1. The molecule has 8 aliphatic rings. The van der Waals surface area contributed by atoms with Gasteiger partial charge in [0.1, 0.15) is 5.41 Å². The molecule has 0 aromatic heterocycles. The van der Waals surface area contributed by atoms with Crippen LogP contribution in [-0.2, 0) is 23.9 Å². The van der Waals surface area contributed by atoms with Crippen LogP contribution in [0.5, 0.6) is 0 Å². The number of allylic oxidation sites excluding steroid dienone is 1. The Morgan fingerprint density at radius 2 is 1.77 bits per heavy atom. The molecule has 2 heterocycles. The van der Waals surface area contributed by atoms with E-state index in [1.54, 1.807) is 0 Å². The molecule has 0 unspecified atom stereocenters. The van der Waals surface area contributed by atoms with Crippen molar-refractivity contribution in [3.63, 3.8) is 0 Å². The number of hydrogen-bond acceptors (Lipinski definition) is 5. The molecule has 7 nitrogen and oxygen atoms in total. The minimum atomic E-state index is -1.07. The van der Waals surface area contributed by atoms with Crippen LogP contribution in [0.1, 0.15) is 110 Å². The summed E-state index contributed by atoms with van der Waals surface area (Å²) in [4.78, 5) is 44.0. The predicted molar refractivity (Wildman–Crippen MR) is 168 cm³/mol. The lowest BCUT2D eigenvalue weighted by molar-refractivity contribution is -0.182. The van der Waals surface area contributed by atoms with E-state index in [0.717, 1.165) is 62.1 Å². The number of piperidine rings is 1. The van der Waals surface area contributed by atoms with Gasteiger partial charge >= 0.3 is 5.97 Å². The molecule has 0 spiro atoms. The summed E-state index contributed by atoms with van der Waals surface area (Å²) in [5.41, 5.74) is 1.35. The molecule has 1 saturated heterocycles. The zero-order valence-electron chi connectivity index (χ0n) is 27.3. The van der Waals surface area contributed by atoms with Crippen molar-refractivity contribution in [1.29, 1.82) is 0 Å². The van der Waals surface area contributed by atoms with Gasteiger partial charge in [0.25, 0.3) is 0 Å². The largest absolute Gasteiger partial charge is 0.468 e. The van der Waals surface area contributed by atoms with Crippen LogP contribution >= 0.6 is 0 Å². The van der Waals surface area contributed by atoms with Crippen molar-refractivity contribution in [3.8, 4) is 0 Å². The van der Waals surface area contributed by atoms with Crippen molar-refractivity contribution in [1.82, 2.24) is 10.2 Å². The number of likely N-dealkylation sites (tertiary alicyclic amines) is 1. The van der Waals surface area contributed by atoms with Gasteiger partial charge in [-0.3, -0.25) is 14.4 Å². The van der Waals surface area contributed by atoms with E-state index in [2.05, 4.69) is 31.3 Å². The van der Waals surface area contributed by atoms with Crippen LogP contribution in [0, 0.1) is 46.3 Å². The number of esters is 1. The standard InChI is InChI=1S/C37H54N2O5/c1-23(2)30-17-31-37(35(42)43-3,33(44-30)28-9-10-28)21-29(34(41)39(31)12-11-24-7-5-4-6-8-24)16-32(40)38-22-36-18-25-13-26(19-36)15-27(14-25)20-36/h7,17,23,25-30,33H,4-6,8-16,18-22H2,1-3H3,(H,38,40)/t25?,26?,27?,29-,30+,33+,36?,37+/m0/s1. The van der Waals surface area contributed by atoms with E-state index in [9.17, 15) is 14.4 Å². The highest BCUT2D eigenvalue weighted by atomic mass is 16.5. The van der Waals surface area contributed by atoms with Crippen molar-refractivity contribution < 1.29 is 23.9 Å². The SMILES string of the molecule is COC(=O)[C@]12C[C@H](CC(=O)NCC34CC5CC(CC(C5)C3)C4)C(=O)N(CCC3=CCCCC3)C1=C[C@H](C(C)C)O[C@@H]2C1CC1. The first kappa shape index (κ1) is 30.5. The maximum absolute atomic E-state index is 14.4. The Kier molecular flexibility index (Phi) is 8.25. The summed E-state index contributed by atoms with van der Waals surface area (Å²) in [6, 6.07) is 0. The third kappa shape index (κ3) is 5.58. The van der Waals surface area contributed by atoms with E-state index in [1.165, 1.54) is 64.0 Å². The number of amides is 2. The number of ether oxygens (including phenoxy) is 2. The molecule has 7 heteroatoms. The van der Waals surface area contributed by atoms with Gasteiger partial charge in [-0.15, -0.1) is 0 Å². The van der Waals surface area contributed by atoms with Crippen LogP contribution in [0.4, 0.5) is 0 Å². The number of carbonyl (C=O) groups excluding carboxylic acids is 3. The molecule has 6 aliphatic carbocycles. The van der Waals surface area contributed by atoms with E-state index < -0.39 is 11.3 Å². The monoisotopic (exact) mass is 606 g/mol. The zero-order chi connectivity index (χ0) is 30.6. The van der Waals surface area contributed by atoms with Crippen LogP contribution in [0.2, 0.25) is 0 Å². The highest BCUT2D eigenvalue weighted by molar-refractivity contribution is 5.93. The number of rotatable bonds is 10. The van der Waals surface area contributed by atoms with Gasteiger partial charge in [0.2, 0.25) is 11.8 Å². The summed E-state index contributed by atoms with van der Waals surface area (Å²) in [6.07, 6.45) is 19.5. The maximum Gasteiger partial charge on any atom is 0.320 e. The lowest BCUT2D eigenvalue weighted by atomic mass is 9.49. The normalized spacial score (nSPS) is 39.5. The molecule has 8 rings (SSSR count). The molecule has 0 aromatic rings. The van der Waals surface area contributed by atoms with Crippen molar-refractivity contribution in [2.45, 2.75) is 122 Å². The molecule has 1 N–H and O–H groups in total. The van der Waals surface area contributed by atoms with Crippen LogP contribution in [-0.4, -0.2) is 55.1 Å². The Hall–Kier alpha value is -2.15. The molecule has 2 amide bonds. The molecule has 4 bridgehead atoms. The number of methoxy groups -OCH3 is 1. The third-order valence-corrected chi connectivity index (χ3v) is 12.6. The summed E-state index contributed by atoms with van der Waals surface area (Å²) in [7, 11) is 1.45. The van der Waals surface area contributed by atoms with E-state index in [1.807, 2.05) is 4.90 Å². The summed E-state index contributed by atoms with van der Waals surface area (Å²) in [5, 5.41) is 3.32. The van der Waals surface area contributed by atoms with E-state index >= 15 is 0 Å². The Labute approximate surface area is 263 Å². The molecule has 44 heavy (non-hydrogen) atoms. The average Bonchev–Trinajstić information content (AvgIpc) is 3.84. The van der Waals surface area contributed by atoms with Gasteiger partial charge < -0.3 is 19.7 Å². The summed E-state index contributed by atoms with van der Waals surface area (Å²) < 4.78 is 12.3. The van der Waals surface area contributed by atoms with Crippen LogP contribution in [0.25, 0.3) is 0 Å². The van der Waals surface area contributed by atoms with Crippen molar-refractivity contribution >= 4 is 17.8 Å². The number of hydrogen-bond donors (Lipinski definition) is 1. The topological polar surface area (TPSA) is 84.9 Å². The Bertz CT molecular complexity index is 1180. The number of fused-ring (bicyclic) bond motifs is 1. The first-order valence-electron chi connectivity index (χ1n) is 17.9. The number of nitrogens with one attached hydrogen (secondary N) is 1. The van der Waals surface area contributed by atoms with Gasteiger partial charge in [-0.1, -0.05) is 25.5 Å². The first-order valence-corrected chi connectivity index (χ1v) is 17.9. The average molecular weight is 607 g/mol. The minimum absolute atomic E-state index is 0.0175. The van der Waals surface area contributed by atoms with Gasteiger partial charge in [0.05, 0.1) is 19.3 Å². The van der Waals surface area contributed by atoms with E-state index in [4.69, 9.17) is 9.47 Å². The van der Waals surface area contributed by atoms with E-state index in [-0.39, 0.29) is 60.1 Å². The maximum atomic E-state index is 14.4. The molecular weight excluding hydrogens is 552 g/mol. The Morgan fingerprint density at radius 3 is 2.36 bits per heavy atom. The van der Waals surface area contributed by atoms with Gasteiger partial charge in [0, 0.05) is 31.1 Å². The zero-order valence-corrected chi connectivity index (χ0v) is 27.3. The van der Waals surface area contributed by atoms with Crippen molar-refractivity contribution in [2.24, 2.45) is 46.3 Å². The predicted octanol–water partition coefficient (Wildman–Crippen LogP) is 6.32.